The van der Waals surface area contributed by atoms with Gasteiger partial charge in [0.1, 0.15) is 10.7 Å². The van der Waals surface area contributed by atoms with Gasteiger partial charge in [-0.05, 0) is 32.0 Å². The molecule has 1 N–H and O–H groups in total. The van der Waals surface area contributed by atoms with Crippen molar-refractivity contribution in [2.45, 2.75) is 31.0 Å². The lowest BCUT2D eigenvalue weighted by atomic mass is 10.1. The highest BCUT2D eigenvalue weighted by Crippen LogP contribution is 2.32. The maximum atomic E-state index is 13.3. The van der Waals surface area contributed by atoms with Crippen LogP contribution in [0.1, 0.15) is 50.2 Å². The molecule has 0 radical (unpaired) electrons. The quantitative estimate of drug-likeness (QED) is 0.519. The van der Waals surface area contributed by atoms with E-state index in [-0.39, 0.29) is 11.7 Å². The molecule has 188 valence electrons. The molecule has 1 atom stereocenters. The number of thiazole rings is 1. The van der Waals surface area contributed by atoms with E-state index >= 15 is 0 Å². The van der Waals surface area contributed by atoms with Crippen LogP contribution in [0.3, 0.4) is 0 Å². The summed E-state index contributed by atoms with van der Waals surface area (Å²) in [7, 11) is -0.836. The predicted octanol–water partition coefficient (Wildman–Crippen LogP) is 2.65. The number of carbonyl (C=O) groups excluding carboxylic acids is 2. The van der Waals surface area contributed by atoms with Gasteiger partial charge in [0.05, 0.1) is 22.7 Å². The Hall–Kier alpha value is -3.33. The number of rotatable bonds is 6. The molecule has 0 saturated heterocycles. The standard InChI is InChI=1S/C20H21F3N6O4S2/c1-10(16-26-11(2)27-29(16)19-24-9-15(34-19)18(31)28(3)4)25-17(30)12-6-13(20(21,22)23)8-14(7-12)35(5,32)33/h6-10H,1-5H3,(H,25,30)/t10-/m0/s1. The summed E-state index contributed by atoms with van der Waals surface area (Å²) >= 11 is 1.05. The third-order valence-electron chi connectivity index (χ3n) is 4.69. The number of benzene rings is 1. The first-order valence-electron chi connectivity index (χ1n) is 9.92. The largest absolute Gasteiger partial charge is 0.416 e. The molecule has 3 rings (SSSR count). The van der Waals surface area contributed by atoms with Crippen molar-refractivity contribution in [1.29, 1.82) is 0 Å². The Bertz CT molecular complexity index is 1400. The number of nitrogens with zero attached hydrogens (tertiary/aromatic N) is 5. The average Bonchev–Trinajstić information content (AvgIpc) is 3.38. The molecular formula is C20H21F3N6O4S2. The molecule has 2 amide bonds. The van der Waals surface area contributed by atoms with Gasteiger partial charge in [-0.3, -0.25) is 9.59 Å². The summed E-state index contributed by atoms with van der Waals surface area (Å²) in [6, 6.07) is 1.07. The molecule has 0 fully saturated rings. The van der Waals surface area contributed by atoms with E-state index in [2.05, 4.69) is 20.4 Å². The number of nitrogens with one attached hydrogen (secondary N) is 1. The summed E-state index contributed by atoms with van der Waals surface area (Å²) < 4.78 is 65.0. The van der Waals surface area contributed by atoms with Crippen molar-refractivity contribution in [2.24, 2.45) is 0 Å². The molecular weight excluding hydrogens is 509 g/mol. The smallest absolute Gasteiger partial charge is 0.344 e. The van der Waals surface area contributed by atoms with Crippen LogP contribution in [0.25, 0.3) is 5.13 Å². The molecule has 0 bridgehead atoms. The first-order chi connectivity index (χ1) is 16.1. The fraction of sp³-hybridized carbons (Fsp3) is 0.350. The number of aromatic nitrogens is 4. The van der Waals surface area contributed by atoms with Crippen molar-refractivity contribution in [3.8, 4) is 5.13 Å². The van der Waals surface area contributed by atoms with Gasteiger partial charge >= 0.3 is 6.18 Å². The first kappa shape index (κ1) is 26.3. The minimum atomic E-state index is -4.86. The van der Waals surface area contributed by atoms with Crippen molar-refractivity contribution in [2.75, 3.05) is 20.4 Å². The van der Waals surface area contributed by atoms with E-state index in [4.69, 9.17) is 0 Å². The molecule has 0 aliphatic rings. The second-order valence-electron chi connectivity index (χ2n) is 7.85. The minimum absolute atomic E-state index is 0.212. The molecule has 2 heterocycles. The zero-order valence-electron chi connectivity index (χ0n) is 19.2. The molecule has 35 heavy (non-hydrogen) atoms. The number of sulfone groups is 1. The van der Waals surface area contributed by atoms with Crippen LogP contribution < -0.4 is 5.32 Å². The number of halogens is 3. The summed E-state index contributed by atoms with van der Waals surface area (Å²) in [6.45, 7) is 3.13. The van der Waals surface area contributed by atoms with Crippen LogP contribution in [0.15, 0.2) is 29.3 Å². The highest BCUT2D eigenvalue weighted by molar-refractivity contribution is 7.90. The van der Waals surface area contributed by atoms with Crippen LogP contribution in [-0.4, -0.2) is 65.2 Å². The van der Waals surface area contributed by atoms with Crippen LogP contribution in [0.2, 0.25) is 0 Å². The number of hydrogen-bond acceptors (Lipinski definition) is 8. The number of aryl methyl sites for hydroxylation is 1. The van der Waals surface area contributed by atoms with Gasteiger partial charge in [-0.1, -0.05) is 11.3 Å². The number of carbonyl (C=O) groups is 2. The fourth-order valence-electron chi connectivity index (χ4n) is 2.99. The number of alkyl halides is 3. The van der Waals surface area contributed by atoms with Gasteiger partial charge in [0.25, 0.3) is 11.8 Å². The van der Waals surface area contributed by atoms with Crippen molar-refractivity contribution in [3.05, 3.63) is 52.0 Å². The van der Waals surface area contributed by atoms with Crippen molar-refractivity contribution < 1.29 is 31.2 Å². The van der Waals surface area contributed by atoms with E-state index in [9.17, 15) is 31.2 Å². The van der Waals surface area contributed by atoms with Crippen LogP contribution in [0, 0.1) is 6.92 Å². The summed E-state index contributed by atoms with van der Waals surface area (Å²) in [5.74, 6) is -0.664. The van der Waals surface area contributed by atoms with Crippen LogP contribution in [-0.2, 0) is 16.0 Å². The molecule has 0 unspecified atom stereocenters. The Kier molecular flexibility index (Phi) is 7.04. The minimum Gasteiger partial charge on any atom is -0.344 e. The lowest BCUT2D eigenvalue weighted by Crippen LogP contribution is -2.29. The third kappa shape index (κ3) is 5.85. The monoisotopic (exact) mass is 530 g/mol. The Labute approximate surface area is 202 Å². The summed E-state index contributed by atoms with van der Waals surface area (Å²) in [6.07, 6.45) is -2.73. The fourth-order valence-corrected chi connectivity index (χ4v) is 4.57. The second-order valence-corrected chi connectivity index (χ2v) is 10.9. The van der Waals surface area contributed by atoms with E-state index in [1.807, 2.05) is 0 Å². The maximum absolute atomic E-state index is 13.3. The van der Waals surface area contributed by atoms with Gasteiger partial charge in [0.2, 0.25) is 5.13 Å². The average molecular weight is 531 g/mol. The summed E-state index contributed by atoms with van der Waals surface area (Å²) in [4.78, 5) is 34.5. The van der Waals surface area contributed by atoms with Gasteiger partial charge in [-0.25, -0.2) is 18.4 Å². The molecule has 0 saturated carbocycles. The third-order valence-corrected chi connectivity index (χ3v) is 6.74. The van der Waals surface area contributed by atoms with Gasteiger partial charge in [0.15, 0.2) is 15.7 Å². The molecule has 2 aromatic heterocycles. The van der Waals surface area contributed by atoms with Crippen LogP contribution in [0.5, 0.6) is 0 Å². The lowest BCUT2D eigenvalue weighted by molar-refractivity contribution is -0.137. The van der Waals surface area contributed by atoms with Crippen molar-refractivity contribution >= 4 is 33.0 Å². The van der Waals surface area contributed by atoms with E-state index in [1.165, 1.54) is 22.7 Å². The topological polar surface area (TPSA) is 127 Å². The Morgan fingerprint density at radius 1 is 1.20 bits per heavy atom. The second kappa shape index (κ2) is 9.37. The zero-order chi connectivity index (χ0) is 26.3. The SMILES string of the molecule is Cc1nc([C@H](C)NC(=O)c2cc(C(F)(F)F)cc(S(C)(=O)=O)c2)n(-c2ncc(C(=O)N(C)C)s2)n1. The zero-order valence-corrected chi connectivity index (χ0v) is 20.8. The van der Waals surface area contributed by atoms with E-state index in [1.54, 1.807) is 21.0 Å². The number of hydrogen-bond donors (Lipinski definition) is 1. The first-order valence-corrected chi connectivity index (χ1v) is 12.6. The Balaban J connectivity index is 1.94. The van der Waals surface area contributed by atoms with Gasteiger partial charge in [0, 0.05) is 25.9 Å². The highest BCUT2D eigenvalue weighted by Gasteiger charge is 2.33. The van der Waals surface area contributed by atoms with Crippen LogP contribution in [0.4, 0.5) is 13.2 Å². The van der Waals surface area contributed by atoms with E-state index < -0.39 is 44.0 Å². The molecule has 3 aromatic rings. The molecule has 0 aliphatic heterocycles. The van der Waals surface area contributed by atoms with Gasteiger partial charge < -0.3 is 10.2 Å². The Morgan fingerprint density at radius 3 is 2.43 bits per heavy atom. The normalized spacial score (nSPS) is 12.9. The predicted molar refractivity (Wildman–Crippen MR) is 120 cm³/mol. The molecule has 10 nitrogen and oxygen atoms in total. The maximum Gasteiger partial charge on any atom is 0.416 e. The summed E-state index contributed by atoms with van der Waals surface area (Å²) in [5.41, 5.74) is -1.75. The highest BCUT2D eigenvalue weighted by atomic mass is 32.2. The van der Waals surface area contributed by atoms with Crippen molar-refractivity contribution in [1.82, 2.24) is 30.0 Å². The van der Waals surface area contributed by atoms with Gasteiger partial charge in [-0.15, -0.1) is 5.10 Å². The van der Waals surface area contributed by atoms with Crippen molar-refractivity contribution in [3.63, 3.8) is 0 Å². The van der Waals surface area contributed by atoms with Crippen LogP contribution >= 0.6 is 11.3 Å². The number of amides is 2. The van der Waals surface area contributed by atoms with E-state index in [0.29, 0.717) is 28.0 Å². The molecule has 1 aromatic carbocycles. The summed E-state index contributed by atoms with van der Waals surface area (Å²) in [5, 5.41) is 7.06. The lowest BCUT2D eigenvalue weighted by Gasteiger charge is -2.15. The van der Waals surface area contributed by atoms with E-state index in [0.717, 1.165) is 23.7 Å². The Morgan fingerprint density at radius 2 is 1.86 bits per heavy atom. The van der Waals surface area contributed by atoms with Gasteiger partial charge in [-0.2, -0.15) is 17.9 Å². The molecule has 0 aliphatic carbocycles. The molecule has 15 heteroatoms. The molecule has 0 spiro atoms.